The number of esters is 1. The van der Waals surface area contributed by atoms with Crippen molar-refractivity contribution in [2.75, 3.05) is 23.4 Å². The number of amides is 2. The fraction of sp³-hybridized carbons (Fsp3) is 0.207. The molecular formula is C29H28N2O5S. The first-order chi connectivity index (χ1) is 17.9. The second-order valence-electron chi connectivity index (χ2n) is 8.33. The molecule has 37 heavy (non-hydrogen) atoms. The number of benzene rings is 3. The molecule has 0 saturated heterocycles. The molecule has 4 rings (SSSR count). The minimum atomic E-state index is -0.477. The van der Waals surface area contributed by atoms with Gasteiger partial charge in [-0.25, -0.2) is 9.69 Å². The van der Waals surface area contributed by atoms with Gasteiger partial charge in [-0.05, 0) is 80.9 Å². The van der Waals surface area contributed by atoms with E-state index in [1.807, 2.05) is 45.0 Å². The van der Waals surface area contributed by atoms with Crippen molar-refractivity contribution in [2.45, 2.75) is 32.1 Å². The second-order valence-corrected chi connectivity index (χ2v) is 9.41. The van der Waals surface area contributed by atoms with E-state index >= 15 is 0 Å². The number of nitrogens with zero attached hydrogens (tertiary/aromatic N) is 1. The average Bonchev–Trinajstić information content (AvgIpc) is 3.13. The van der Waals surface area contributed by atoms with Crippen LogP contribution in [0.5, 0.6) is 5.75 Å². The Hall–Kier alpha value is -4.04. The molecule has 1 heterocycles. The van der Waals surface area contributed by atoms with Gasteiger partial charge < -0.3 is 14.8 Å². The van der Waals surface area contributed by atoms with Crippen LogP contribution in [0.3, 0.4) is 0 Å². The Morgan fingerprint density at radius 1 is 0.892 bits per heavy atom. The maximum absolute atomic E-state index is 13.6. The average molecular weight is 517 g/mol. The summed E-state index contributed by atoms with van der Waals surface area (Å²) in [5, 5.41) is 3.14. The first-order valence-electron chi connectivity index (χ1n) is 12.1. The molecule has 8 heteroatoms. The smallest absolute Gasteiger partial charge is 0.338 e. The van der Waals surface area contributed by atoms with Crippen molar-refractivity contribution in [3.63, 3.8) is 0 Å². The Bertz CT molecular complexity index is 1320. The van der Waals surface area contributed by atoms with Crippen LogP contribution in [-0.2, 0) is 14.3 Å². The van der Waals surface area contributed by atoms with Gasteiger partial charge in [0.25, 0.3) is 11.8 Å². The van der Waals surface area contributed by atoms with Crippen LogP contribution < -0.4 is 15.0 Å². The van der Waals surface area contributed by atoms with Crippen molar-refractivity contribution in [1.82, 2.24) is 0 Å². The molecular weight excluding hydrogens is 488 g/mol. The number of hydrogen-bond donors (Lipinski definition) is 1. The molecule has 0 atom stereocenters. The highest BCUT2D eigenvalue weighted by Gasteiger charge is 2.40. The second kappa shape index (κ2) is 11.8. The summed E-state index contributed by atoms with van der Waals surface area (Å²) in [6.07, 6.45) is 0.720. The van der Waals surface area contributed by atoms with E-state index in [1.54, 1.807) is 48.5 Å². The lowest BCUT2D eigenvalue weighted by atomic mass is 10.2. The highest BCUT2D eigenvalue weighted by atomic mass is 32.2. The summed E-state index contributed by atoms with van der Waals surface area (Å²) in [6, 6.07) is 21.2. The zero-order chi connectivity index (χ0) is 26.4. The molecule has 1 N–H and O–H groups in total. The number of anilines is 2. The predicted molar refractivity (Wildman–Crippen MR) is 145 cm³/mol. The molecule has 0 unspecified atom stereocenters. The number of carbonyl (C=O) groups is 3. The van der Waals surface area contributed by atoms with Crippen LogP contribution in [0.1, 0.15) is 36.2 Å². The quantitative estimate of drug-likeness (QED) is 0.263. The van der Waals surface area contributed by atoms with Crippen molar-refractivity contribution in [3.05, 3.63) is 94.5 Å². The van der Waals surface area contributed by atoms with E-state index in [4.69, 9.17) is 9.47 Å². The van der Waals surface area contributed by atoms with Gasteiger partial charge in [-0.15, -0.1) is 0 Å². The number of ether oxygens (including phenoxy) is 2. The van der Waals surface area contributed by atoms with Crippen LogP contribution in [0, 0.1) is 6.92 Å². The van der Waals surface area contributed by atoms with Gasteiger partial charge in [0, 0.05) is 10.6 Å². The lowest BCUT2D eigenvalue weighted by Gasteiger charge is -2.16. The Morgan fingerprint density at radius 3 is 2.19 bits per heavy atom. The zero-order valence-corrected chi connectivity index (χ0v) is 21.8. The number of thioether (sulfide) groups is 1. The Morgan fingerprint density at radius 2 is 1.57 bits per heavy atom. The lowest BCUT2D eigenvalue weighted by molar-refractivity contribution is -0.120. The summed E-state index contributed by atoms with van der Waals surface area (Å²) in [5.74, 6) is -0.650. The third kappa shape index (κ3) is 6.03. The summed E-state index contributed by atoms with van der Waals surface area (Å²) in [5.41, 5.74) is 2.65. The Balaban J connectivity index is 1.64. The van der Waals surface area contributed by atoms with Crippen molar-refractivity contribution in [2.24, 2.45) is 0 Å². The number of nitrogens with one attached hydrogen (secondary N) is 1. The van der Waals surface area contributed by atoms with Crippen LogP contribution >= 0.6 is 11.8 Å². The van der Waals surface area contributed by atoms with Crippen LogP contribution in [0.15, 0.2) is 88.3 Å². The topological polar surface area (TPSA) is 84.9 Å². The van der Waals surface area contributed by atoms with Gasteiger partial charge in [0.15, 0.2) is 0 Å². The van der Waals surface area contributed by atoms with E-state index in [-0.39, 0.29) is 10.6 Å². The maximum Gasteiger partial charge on any atom is 0.338 e. The fourth-order valence-corrected chi connectivity index (χ4v) is 4.57. The van der Waals surface area contributed by atoms with Crippen molar-refractivity contribution >= 4 is 40.9 Å². The van der Waals surface area contributed by atoms with E-state index < -0.39 is 17.8 Å². The van der Waals surface area contributed by atoms with Gasteiger partial charge in [0.05, 0.1) is 24.5 Å². The number of aryl methyl sites for hydroxylation is 1. The molecule has 0 bridgehead atoms. The van der Waals surface area contributed by atoms with Crippen molar-refractivity contribution in [1.29, 1.82) is 0 Å². The van der Waals surface area contributed by atoms with Gasteiger partial charge in [-0.1, -0.05) is 36.4 Å². The molecule has 3 aromatic carbocycles. The number of hydrogen-bond acceptors (Lipinski definition) is 7. The van der Waals surface area contributed by atoms with Crippen molar-refractivity contribution < 1.29 is 23.9 Å². The molecule has 0 saturated carbocycles. The molecule has 0 aliphatic carbocycles. The summed E-state index contributed by atoms with van der Waals surface area (Å²) in [4.78, 5) is 41.5. The monoisotopic (exact) mass is 516 g/mol. The first kappa shape index (κ1) is 26.0. The first-order valence-corrected chi connectivity index (χ1v) is 12.9. The third-order valence-corrected chi connectivity index (χ3v) is 6.61. The van der Waals surface area contributed by atoms with Gasteiger partial charge in [0.2, 0.25) is 0 Å². The SMILES string of the molecule is CCCOC(=O)c1ccc(N2C(=O)C(Nc3ccc(OCC)cc3)=C(Sc3ccc(C)cc3)C2=O)cc1. The van der Waals surface area contributed by atoms with E-state index in [9.17, 15) is 14.4 Å². The highest BCUT2D eigenvalue weighted by Crippen LogP contribution is 2.38. The Kier molecular flexibility index (Phi) is 8.30. The van der Waals surface area contributed by atoms with Crippen LogP contribution in [0.4, 0.5) is 11.4 Å². The molecule has 0 fully saturated rings. The lowest BCUT2D eigenvalue weighted by Crippen LogP contribution is -2.32. The molecule has 190 valence electrons. The van der Waals surface area contributed by atoms with Crippen LogP contribution in [-0.4, -0.2) is 31.0 Å². The van der Waals surface area contributed by atoms with Gasteiger partial charge >= 0.3 is 5.97 Å². The van der Waals surface area contributed by atoms with E-state index in [2.05, 4.69) is 5.32 Å². The standard InChI is InChI=1S/C29H28N2O5S/c1-4-18-36-29(34)20-8-12-22(13-9-20)31-27(32)25(30-21-10-14-23(15-11-21)35-5-2)26(28(31)33)37-24-16-6-19(3)7-17-24/h6-17,30H,4-5,18H2,1-3H3. The molecule has 0 spiro atoms. The number of imide groups is 1. The Labute approximate surface area is 220 Å². The summed E-state index contributed by atoms with van der Waals surface area (Å²) in [7, 11) is 0. The maximum atomic E-state index is 13.6. The molecule has 2 amide bonds. The largest absolute Gasteiger partial charge is 0.494 e. The molecule has 7 nitrogen and oxygen atoms in total. The molecule has 1 aliphatic heterocycles. The van der Waals surface area contributed by atoms with E-state index in [1.165, 1.54) is 11.8 Å². The van der Waals surface area contributed by atoms with Crippen molar-refractivity contribution in [3.8, 4) is 5.75 Å². The van der Waals surface area contributed by atoms with Gasteiger partial charge in [-0.3, -0.25) is 9.59 Å². The van der Waals surface area contributed by atoms with E-state index in [0.29, 0.717) is 35.9 Å². The normalized spacial score (nSPS) is 13.2. The summed E-state index contributed by atoms with van der Waals surface area (Å²) >= 11 is 1.23. The fourth-order valence-electron chi connectivity index (χ4n) is 3.64. The molecule has 3 aromatic rings. The van der Waals surface area contributed by atoms with Crippen LogP contribution in [0.25, 0.3) is 0 Å². The van der Waals surface area contributed by atoms with Gasteiger partial charge in [0.1, 0.15) is 16.4 Å². The third-order valence-electron chi connectivity index (χ3n) is 5.52. The zero-order valence-electron chi connectivity index (χ0n) is 20.9. The predicted octanol–water partition coefficient (Wildman–Crippen LogP) is 5.95. The molecule has 0 aromatic heterocycles. The molecule has 1 aliphatic rings. The minimum Gasteiger partial charge on any atom is -0.494 e. The summed E-state index contributed by atoms with van der Waals surface area (Å²) < 4.78 is 10.7. The van der Waals surface area contributed by atoms with E-state index in [0.717, 1.165) is 21.8 Å². The minimum absolute atomic E-state index is 0.186. The number of rotatable bonds is 10. The highest BCUT2D eigenvalue weighted by molar-refractivity contribution is 8.04. The van der Waals surface area contributed by atoms with Crippen LogP contribution in [0.2, 0.25) is 0 Å². The molecule has 0 radical (unpaired) electrons. The number of carbonyl (C=O) groups excluding carboxylic acids is 3. The van der Waals surface area contributed by atoms with Gasteiger partial charge in [-0.2, -0.15) is 0 Å². The summed E-state index contributed by atoms with van der Waals surface area (Å²) in [6.45, 7) is 6.68.